The molecule has 3 amide bonds. The summed E-state index contributed by atoms with van der Waals surface area (Å²) < 4.78 is 40.8. The van der Waals surface area contributed by atoms with Crippen LogP contribution in [0.1, 0.15) is 166 Å². The number of quaternary nitrogens is 2. The predicted molar refractivity (Wildman–Crippen MR) is 474 cm³/mol. The highest BCUT2D eigenvalue weighted by Crippen LogP contribution is 2.39. The molecule has 6 N–H and O–H groups in total. The number of aromatic hydroxyl groups is 2. The monoisotopic (exact) mass is 1940 g/mol. The number of aliphatic hydroxyl groups is 1. The summed E-state index contributed by atoms with van der Waals surface area (Å²) in [5, 5.41) is 41.8. The number of hydrogen-bond acceptors (Lipinski definition) is 22. The van der Waals surface area contributed by atoms with E-state index in [-0.39, 0.29) is 112 Å². The quantitative estimate of drug-likeness (QED) is 0.00785. The van der Waals surface area contributed by atoms with Crippen molar-refractivity contribution >= 4 is 75.4 Å². The number of carbonyl (C=O) groups is 10. The summed E-state index contributed by atoms with van der Waals surface area (Å²) in [7, 11) is 1.00. The molecule has 686 valence electrons. The second-order valence-corrected chi connectivity index (χ2v) is 35.7. The highest BCUT2D eigenvalue weighted by atomic mass is 79.9. The van der Waals surface area contributed by atoms with Gasteiger partial charge in [-0.05, 0) is 159 Å². The van der Waals surface area contributed by atoms with Crippen molar-refractivity contribution in [2.45, 2.75) is 180 Å². The van der Waals surface area contributed by atoms with Gasteiger partial charge in [0.05, 0.1) is 43.1 Å². The first-order valence-electron chi connectivity index (χ1n) is 42.5. The standard InChI is InChI=1S/C36H40N2O7.C29H36N2O6.C21H30N2O5.C8H7BrO.C2H3N.CH4O.2BrH/c1-36(2,3)45-35(42)37-30(22-25-14-16-29(17-15-25)43-33(40)28-12-8-5-9-13-28)34(41)44-32-24-38(20-18-27(32)19-21-38)23-31(39)26-10-6-4-7-11-26;1-29(2,3)37-28(35)30-24(17-20-9-11-23(32)12-10-20)27(34)36-26-19-31(15-13-22(26)14-16-31)18-25(33)21-7-5-4-6-8-21;1-21(2,3)28-20(26)22-17(12-14-4-6-16(24)7-5-14)19(25)27-18-13-23-10-8-15(18)9-11-23;9-6-8(10)7-4-2-1-3-5-7;1-2-3;1-2;;/h4-17,27,30,32H,18-24H2,1-3H3;4-12,22,24,26H,13-19H2,1-3H3,(H-,30,32,35);4-7,15,17-18,24H,8-13H2,1-3H3,(H,22,26);1-5H,6H2;1H3;2H,1H3;2*1H/t27?,30-,32-,38?;22?,24-,26-,31?;17-,18-;;;;;/m000...../s1. The van der Waals surface area contributed by atoms with Gasteiger partial charge in [-0.25, -0.2) is 33.6 Å². The fraction of sp³-hybridized carbons (Fsp3) is 0.454. The molecule has 7 aromatic carbocycles. The first kappa shape index (κ1) is 105. The third kappa shape index (κ3) is 35.0. The first-order chi connectivity index (χ1) is 59.5. The number of benzene rings is 7. The van der Waals surface area contributed by atoms with E-state index in [9.17, 15) is 58.2 Å². The molecule has 6 atom stereocenters. The molecule has 9 aliphatic rings. The summed E-state index contributed by atoms with van der Waals surface area (Å²) in [6.45, 7) is 25.6. The smallest absolute Gasteiger partial charge is 0.408 e. The number of rotatable bonds is 25. The van der Waals surface area contributed by atoms with E-state index in [1.807, 2.05) is 97.1 Å². The zero-order valence-corrected chi connectivity index (χ0v) is 79.0. The van der Waals surface area contributed by atoms with Crippen LogP contribution in [0.2, 0.25) is 0 Å². The Morgan fingerprint density at radius 1 is 0.433 bits per heavy atom. The minimum atomic E-state index is -1.01. The Bertz CT molecular complexity index is 4700. The number of aliphatic hydroxyl groups excluding tert-OH is 1. The van der Waals surface area contributed by atoms with Crippen molar-refractivity contribution in [1.82, 2.24) is 20.9 Å². The van der Waals surface area contributed by atoms with E-state index in [0.717, 1.165) is 114 Å². The molecule has 16 rings (SSSR count). The summed E-state index contributed by atoms with van der Waals surface area (Å²) >= 11 is 3.10. The van der Waals surface area contributed by atoms with E-state index >= 15 is 0 Å². The number of esters is 4. The minimum absolute atomic E-state index is 0. The molecule has 0 aliphatic carbocycles. The van der Waals surface area contributed by atoms with Crippen LogP contribution in [0, 0.1) is 29.1 Å². The predicted octanol–water partition coefficient (Wildman–Crippen LogP) is 8.12. The molecule has 30 heteroatoms. The zero-order chi connectivity index (χ0) is 91.1. The first-order valence-corrected chi connectivity index (χ1v) is 43.6. The van der Waals surface area contributed by atoms with Crippen LogP contribution < -0.4 is 54.7 Å². The third-order valence-corrected chi connectivity index (χ3v) is 22.6. The fourth-order valence-corrected chi connectivity index (χ4v) is 16.3. The van der Waals surface area contributed by atoms with Gasteiger partial charge in [-0.1, -0.05) is 162 Å². The molecule has 7 aromatic rings. The Labute approximate surface area is 774 Å². The Balaban J connectivity index is 0.000000274. The van der Waals surface area contributed by atoms with Crippen LogP contribution in [0.5, 0.6) is 17.2 Å². The molecule has 0 spiro atoms. The van der Waals surface area contributed by atoms with E-state index in [4.69, 9.17) is 43.5 Å². The largest absolute Gasteiger partial charge is 1.00 e. The number of Topliss-reactive ketones (excluding diaryl/α,β-unsaturated/α-hetero) is 3. The molecule has 0 radical (unpaired) electrons. The molecule has 0 saturated carbocycles. The van der Waals surface area contributed by atoms with E-state index in [1.165, 1.54) is 19.1 Å². The third-order valence-electron chi connectivity index (χ3n) is 22.1. The summed E-state index contributed by atoms with van der Waals surface area (Å²) in [5.74, 6) is -0.206. The van der Waals surface area contributed by atoms with Crippen LogP contribution in [0.3, 0.4) is 0 Å². The summed E-state index contributed by atoms with van der Waals surface area (Å²) in [4.78, 5) is 129. The van der Waals surface area contributed by atoms with Gasteiger partial charge in [-0.15, -0.1) is 0 Å². The average molecular weight is 1950 g/mol. The van der Waals surface area contributed by atoms with Crippen molar-refractivity contribution in [1.29, 1.82) is 5.26 Å². The summed E-state index contributed by atoms with van der Waals surface area (Å²) in [5.41, 5.74) is 2.78. The lowest BCUT2D eigenvalue weighted by Crippen LogP contribution is -3.00. The normalized spacial score (nSPS) is 20.8. The Hall–Kier alpha value is -10.4. The number of hydrogen-bond donors (Lipinski definition) is 6. The molecule has 0 unspecified atom stereocenters. The number of ketones is 3. The fourth-order valence-electron chi connectivity index (χ4n) is 16.0. The van der Waals surface area contributed by atoms with Gasteiger partial charge in [0.2, 0.25) is 11.6 Å². The molecule has 0 aromatic heterocycles. The number of ether oxygens (including phenoxy) is 7. The van der Waals surface area contributed by atoms with Gasteiger partial charge in [-0.2, -0.15) is 5.26 Å². The van der Waals surface area contributed by atoms with Crippen molar-refractivity contribution in [3.05, 3.63) is 233 Å². The maximum Gasteiger partial charge on any atom is 0.408 e. The van der Waals surface area contributed by atoms with Gasteiger partial charge < -0.3 is 107 Å². The second-order valence-electron chi connectivity index (χ2n) is 35.2. The Morgan fingerprint density at radius 2 is 0.717 bits per heavy atom. The average Bonchev–Trinajstić information content (AvgIpc) is 0.775. The van der Waals surface area contributed by atoms with E-state index in [1.54, 1.807) is 153 Å². The van der Waals surface area contributed by atoms with E-state index < -0.39 is 77.1 Å². The van der Waals surface area contributed by atoms with Crippen LogP contribution in [0.25, 0.3) is 0 Å². The van der Waals surface area contributed by atoms with E-state index in [2.05, 4.69) is 36.8 Å². The van der Waals surface area contributed by atoms with Crippen molar-refractivity contribution in [2.24, 2.45) is 17.8 Å². The lowest BCUT2D eigenvalue weighted by molar-refractivity contribution is -0.938. The number of nitrogens with zero attached hydrogens (tertiary/aromatic N) is 4. The summed E-state index contributed by atoms with van der Waals surface area (Å²) in [6, 6.07) is 55.3. The second kappa shape index (κ2) is 50.4. The molecule has 9 aliphatic heterocycles. The van der Waals surface area contributed by atoms with Gasteiger partial charge in [0.25, 0.3) is 0 Å². The molecule has 27 nitrogen and oxygen atoms in total. The summed E-state index contributed by atoms with van der Waals surface area (Å²) in [6.07, 6.45) is 3.34. The molecular formula is C97H122Br3N7O20. The number of alkyl halides is 1. The lowest BCUT2D eigenvalue weighted by atomic mass is 9.82. The minimum Gasteiger partial charge on any atom is -1.00 e. The number of alkyl carbamates (subject to hydrolysis) is 3. The van der Waals surface area contributed by atoms with Gasteiger partial charge in [0.15, 0.2) is 18.0 Å². The molecule has 9 heterocycles. The molecule has 6 bridgehead atoms. The molecule has 9 saturated heterocycles. The zero-order valence-electron chi connectivity index (χ0n) is 74.2. The topological polar surface area (TPSA) is 359 Å². The number of fused-ring (bicyclic) bond motifs is 9. The van der Waals surface area contributed by atoms with Gasteiger partial charge in [0.1, 0.15) is 84.5 Å². The van der Waals surface area contributed by atoms with E-state index in [0.29, 0.717) is 68.8 Å². The van der Waals surface area contributed by atoms with Gasteiger partial charge >= 0.3 is 42.2 Å². The highest BCUT2D eigenvalue weighted by molar-refractivity contribution is 9.09. The number of phenols is 2. The van der Waals surface area contributed by atoms with Crippen molar-refractivity contribution < 1.29 is 139 Å². The number of piperidine rings is 9. The van der Waals surface area contributed by atoms with Crippen LogP contribution in [-0.2, 0) is 62.1 Å². The SMILES string of the molecule is CC#N.CC(C)(C)OC(=O)N[C@@H](Cc1ccc(O)cc1)C(=O)O[C@H]1CN2CCC1CC2.CC(C)(C)OC(=O)N[C@@H](Cc1ccc(O)cc1)C(=O)O[C@H]1C[N+]2(CC(=O)c3ccccc3)CCC1CC2.CC(C)(C)OC(=O)N[C@@H](Cc1ccc(OC(=O)c2ccccc2)cc1)C(=O)O[C@H]1C[N+]2(CC(=O)c3ccccc3)CCC1CC2.CO.O=C(CBr)c1ccccc1.[Br-].[Br-]. The van der Waals surface area contributed by atoms with Crippen molar-refractivity contribution in [3.8, 4) is 23.3 Å². The number of amides is 3. The molecular weight excluding hydrogens is 1820 g/mol. The van der Waals surface area contributed by atoms with Crippen LogP contribution in [-0.4, -0.2) is 226 Å². The van der Waals surface area contributed by atoms with Crippen LogP contribution in [0.4, 0.5) is 14.4 Å². The Kier molecular flexibility index (Phi) is 41.8. The van der Waals surface area contributed by atoms with Gasteiger partial charge in [0, 0.05) is 94.1 Å². The maximum absolute atomic E-state index is 13.7. The van der Waals surface area contributed by atoms with Crippen molar-refractivity contribution in [2.75, 3.05) is 84.4 Å². The molecule has 9 fully saturated rings. The lowest BCUT2D eigenvalue weighted by Gasteiger charge is -2.51. The number of carbonyl (C=O) groups excluding carboxylic acids is 10. The van der Waals surface area contributed by atoms with Crippen LogP contribution >= 0.6 is 15.9 Å². The molecule has 127 heavy (non-hydrogen) atoms. The number of phenolic OH excluding ortho intramolecular Hbond substituents is 2. The number of nitriles is 1. The maximum atomic E-state index is 13.7. The van der Waals surface area contributed by atoms with Gasteiger partial charge in [-0.3, -0.25) is 19.3 Å². The highest BCUT2D eigenvalue weighted by Gasteiger charge is 2.51. The number of halogens is 3. The van der Waals surface area contributed by atoms with Crippen molar-refractivity contribution in [3.63, 3.8) is 0 Å². The van der Waals surface area contributed by atoms with Crippen LogP contribution in [0.15, 0.2) is 194 Å². The Morgan fingerprint density at radius 3 is 1.01 bits per heavy atom. The number of nitrogens with one attached hydrogen (secondary N) is 3.